The van der Waals surface area contributed by atoms with Crippen LogP contribution >= 0.6 is 0 Å². The SMILES string of the molecule is Cc1ccc(-c2cccc(C3(c4cccc(-c5ccc(C)cc5)c4)c4cc(C)c(C)cc4-c4cc(C)c(C)cc43)c2)cc1. The van der Waals surface area contributed by atoms with E-state index in [-0.39, 0.29) is 0 Å². The molecule has 6 aromatic carbocycles. The zero-order valence-electron chi connectivity index (χ0n) is 26.0. The summed E-state index contributed by atoms with van der Waals surface area (Å²) < 4.78 is 0. The number of hydrogen-bond acceptors (Lipinski definition) is 0. The number of rotatable bonds is 4. The van der Waals surface area contributed by atoms with Crippen molar-refractivity contribution in [2.45, 2.75) is 47.0 Å². The fourth-order valence-corrected chi connectivity index (χ4v) is 6.99. The van der Waals surface area contributed by atoms with Gasteiger partial charge >= 0.3 is 0 Å². The minimum Gasteiger partial charge on any atom is -0.0613 e. The van der Waals surface area contributed by atoms with E-state index in [2.05, 4.69) is 163 Å². The van der Waals surface area contributed by atoms with Crippen LogP contribution in [0.4, 0.5) is 0 Å². The zero-order chi connectivity index (χ0) is 29.9. The van der Waals surface area contributed by atoms with Gasteiger partial charge in [-0.15, -0.1) is 0 Å². The van der Waals surface area contributed by atoms with Crippen molar-refractivity contribution in [3.05, 3.63) is 177 Å². The third-order valence-corrected chi connectivity index (χ3v) is 9.73. The molecule has 1 aliphatic carbocycles. The van der Waals surface area contributed by atoms with Crippen molar-refractivity contribution in [1.82, 2.24) is 0 Å². The molecule has 0 saturated heterocycles. The Morgan fingerprint density at radius 2 is 0.721 bits per heavy atom. The normalized spacial score (nSPS) is 13.1. The largest absolute Gasteiger partial charge is 0.0714 e. The van der Waals surface area contributed by atoms with Crippen molar-refractivity contribution in [2.75, 3.05) is 0 Å². The molecule has 0 spiro atoms. The number of fused-ring (bicyclic) bond motifs is 3. The van der Waals surface area contributed by atoms with E-state index in [0.717, 1.165) is 0 Å². The van der Waals surface area contributed by atoms with Crippen LogP contribution in [0.1, 0.15) is 55.6 Å². The Kier molecular flexibility index (Phi) is 6.47. The summed E-state index contributed by atoms with van der Waals surface area (Å²) in [5.41, 5.74) is 20.5. The number of benzene rings is 6. The molecule has 0 unspecified atom stereocenters. The third kappa shape index (κ3) is 4.36. The van der Waals surface area contributed by atoms with Crippen molar-refractivity contribution in [2.24, 2.45) is 0 Å². The summed E-state index contributed by atoms with van der Waals surface area (Å²) in [7, 11) is 0. The molecule has 1 aliphatic rings. The molecule has 0 nitrogen and oxygen atoms in total. The second-order valence-corrected chi connectivity index (χ2v) is 12.6. The Bertz CT molecular complexity index is 1850. The molecule has 0 bridgehead atoms. The monoisotopic (exact) mass is 554 g/mol. The smallest absolute Gasteiger partial charge is 0.0613 e. The van der Waals surface area contributed by atoms with E-state index >= 15 is 0 Å². The summed E-state index contributed by atoms with van der Waals surface area (Å²) in [6, 6.07) is 46.2. The van der Waals surface area contributed by atoms with Gasteiger partial charge in [0.05, 0.1) is 5.41 Å². The first-order valence-corrected chi connectivity index (χ1v) is 15.3. The molecule has 0 amide bonds. The molecule has 210 valence electrons. The van der Waals surface area contributed by atoms with Gasteiger partial charge in [-0.05, 0) is 132 Å². The van der Waals surface area contributed by atoms with Gasteiger partial charge in [0, 0.05) is 0 Å². The van der Waals surface area contributed by atoms with Gasteiger partial charge in [0.15, 0.2) is 0 Å². The van der Waals surface area contributed by atoms with Gasteiger partial charge in [-0.1, -0.05) is 120 Å². The van der Waals surface area contributed by atoms with Crippen molar-refractivity contribution >= 4 is 0 Å². The summed E-state index contributed by atoms with van der Waals surface area (Å²) >= 11 is 0. The van der Waals surface area contributed by atoms with Crippen LogP contribution in [0.3, 0.4) is 0 Å². The van der Waals surface area contributed by atoms with Crippen LogP contribution in [0.25, 0.3) is 33.4 Å². The Morgan fingerprint density at radius 1 is 0.349 bits per heavy atom. The van der Waals surface area contributed by atoms with Gasteiger partial charge < -0.3 is 0 Å². The van der Waals surface area contributed by atoms with Crippen LogP contribution in [-0.2, 0) is 5.41 Å². The first-order valence-electron chi connectivity index (χ1n) is 15.3. The average molecular weight is 555 g/mol. The van der Waals surface area contributed by atoms with Gasteiger partial charge in [-0.2, -0.15) is 0 Å². The van der Waals surface area contributed by atoms with Gasteiger partial charge in [-0.25, -0.2) is 0 Å². The van der Waals surface area contributed by atoms with Crippen molar-refractivity contribution < 1.29 is 0 Å². The molecule has 0 heterocycles. The Labute approximate surface area is 256 Å². The molecule has 0 N–H and O–H groups in total. The summed E-state index contributed by atoms with van der Waals surface area (Å²) in [6.07, 6.45) is 0. The van der Waals surface area contributed by atoms with Gasteiger partial charge in [0.1, 0.15) is 0 Å². The first kappa shape index (κ1) is 27.2. The molecule has 43 heavy (non-hydrogen) atoms. The lowest BCUT2D eigenvalue weighted by Crippen LogP contribution is -2.29. The van der Waals surface area contributed by atoms with Gasteiger partial charge in [0.25, 0.3) is 0 Å². The second kappa shape index (κ2) is 10.2. The molecule has 0 atom stereocenters. The minimum absolute atomic E-state index is 0.455. The maximum absolute atomic E-state index is 2.46. The highest BCUT2D eigenvalue weighted by atomic mass is 14.5. The highest BCUT2D eigenvalue weighted by molar-refractivity contribution is 5.88. The molecule has 0 heteroatoms. The summed E-state index contributed by atoms with van der Waals surface area (Å²) in [6.45, 7) is 13.3. The van der Waals surface area contributed by atoms with E-state index in [0.29, 0.717) is 0 Å². The fraction of sp³-hybridized carbons (Fsp3) is 0.163. The quantitative estimate of drug-likeness (QED) is 0.203. The lowest BCUT2D eigenvalue weighted by atomic mass is 9.66. The Hall–Kier alpha value is -4.68. The van der Waals surface area contributed by atoms with Gasteiger partial charge in [-0.3, -0.25) is 0 Å². The van der Waals surface area contributed by atoms with E-state index < -0.39 is 5.41 Å². The third-order valence-electron chi connectivity index (χ3n) is 9.73. The minimum atomic E-state index is -0.455. The topological polar surface area (TPSA) is 0 Å². The van der Waals surface area contributed by atoms with E-state index in [1.165, 1.54) is 89.0 Å². The van der Waals surface area contributed by atoms with Crippen molar-refractivity contribution in [1.29, 1.82) is 0 Å². The molecule has 7 rings (SSSR count). The molecular weight excluding hydrogens is 516 g/mol. The Morgan fingerprint density at radius 3 is 1.12 bits per heavy atom. The van der Waals surface area contributed by atoms with Crippen LogP contribution in [-0.4, -0.2) is 0 Å². The maximum atomic E-state index is 2.46. The van der Waals surface area contributed by atoms with Crippen LogP contribution in [0.5, 0.6) is 0 Å². The number of aryl methyl sites for hydroxylation is 6. The summed E-state index contributed by atoms with van der Waals surface area (Å²) in [4.78, 5) is 0. The van der Waals surface area contributed by atoms with Crippen molar-refractivity contribution in [3.8, 4) is 33.4 Å². The lowest BCUT2D eigenvalue weighted by Gasteiger charge is -2.35. The second-order valence-electron chi connectivity index (χ2n) is 12.6. The zero-order valence-corrected chi connectivity index (χ0v) is 26.0. The predicted molar refractivity (Wildman–Crippen MR) is 183 cm³/mol. The molecule has 0 radical (unpaired) electrons. The van der Waals surface area contributed by atoms with Crippen LogP contribution in [0, 0.1) is 41.5 Å². The molecule has 0 saturated carbocycles. The molecule has 0 aromatic heterocycles. The Balaban J connectivity index is 1.59. The summed E-state index contributed by atoms with van der Waals surface area (Å²) in [5, 5.41) is 0. The highest BCUT2D eigenvalue weighted by Gasteiger charge is 2.47. The van der Waals surface area contributed by atoms with Crippen molar-refractivity contribution in [3.63, 3.8) is 0 Å². The average Bonchev–Trinajstić information content (AvgIpc) is 3.27. The lowest BCUT2D eigenvalue weighted by molar-refractivity contribution is 0.766. The van der Waals surface area contributed by atoms with Gasteiger partial charge in [0.2, 0.25) is 0 Å². The molecular formula is C43H38. The standard InChI is InChI=1S/C43H38/c1-27-13-17-33(18-14-27)35-9-7-11-37(25-35)43(38-12-8-10-36(26-38)34-19-15-28(2)16-20-34)41-23-31(5)29(3)21-39(41)40-22-30(4)32(6)24-42(40)43/h7-26H,1-6H3. The maximum Gasteiger partial charge on any atom is 0.0714 e. The highest BCUT2D eigenvalue weighted by Crippen LogP contribution is 2.57. The molecule has 0 fully saturated rings. The summed E-state index contributed by atoms with van der Waals surface area (Å²) in [5.74, 6) is 0. The first-order chi connectivity index (χ1) is 20.8. The van der Waals surface area contributed by atoms with Crippen LogP contribution in [0.2, 0.25) is 0 Å². The van der Waals surface area contributed by atoms with E-state index in [1.807, 2.05) is 0 Å². The molecule has 6 aromatic rings. The van der Waals surface area contributed by atoms with E-state index in [9.17, 15) is 0 Å². The predicted octanol–water partition coefficient (Wildman–Crippen LogP) is 11.2. The van der Waals surface area contributed by atoms with Crippen LogP contribution in [0.15, 0.2) is 121 Å². The van der Waals surface area contributed by atoms with E-state index in [4.69, 9.17) is 0 Å². The van der Waals surface area contributed by atoms with E-state index in [1.54, 1.807) is 0 Å². The number of hydrogen-bond donors (Lipinski definition) is 0. The van der Waals surface area contributed by atoms with Crippen LogP contribution < -0.4 is 0 Å². The molecule has 0 aliphatic heterocycles. The fourth-order valence-electron chi connectivity index (χ4n) is 6.99.